The number of carbonyl (C=O) groups is 3. The summed E-state index contributed by atoms with van der Waals surface area (Å²) in [5.74, 6) is -1.50. The van der Waals surface area contributed by atoms with Gasteiger partial charge in [-0.05, 0) is 18.2 Å². The molecule has 0 amide bonds. The van der Waals surface area contributed by atoms with Crippen LogP contribution in [0.25, 0.3) is 0 Å². The van der Waals surface area contributed by atoms with E-state index in [0.29, 0.717) is 45.6 Å². The Kier molecular flexibility index (Phi) is 20.1. The van der Waals surface area contributed by atoms with E-state index in [1.165, 1.54) is 45.4 Å². The zero-order valence-electron chi connectivity index (χ0n) is 25.9. The molecule has 252 valence electrons. The minimum absolute atomic E-state index is 0.0157. The van der Waals surface area contributed by atoms with Gasteiger partial charge in [0.2, 0.25) is 10.0 Å². The average molecular weight is 668 g/mol. The van der Waals surface area contributed by atoms with Gasteiger partial charge in [-0.2, -0.15) is 0 Å². The summed E-state index contributed by atoms with van der Waals surface area (Å²) in [6.07, 6.45) is -0.580. The SMILES string of the molecule is COC(=O)CN(CCNCP(OC)OC)CCN(CCNCOC(C)=O)CC(O)CNS(=O)(=O)c1cccc(C(=O)OC)c1. The van der Waals surface area contributed by atoms with Gasteiger partial charge >= 0.3 is 17.9 Å². The Labute approximate surface area is 260 Å². The molecule has 0 heterocycles. The Morgan fingerprint density at radius 3 is 2.25 bits per heavy atom. The molecule has 18 heteroatoms. The fourth-order valence-electron chi connectivity index (χ4n) is 3.73. The number of hydrogen-bond acceptors (Lipinski definition) is 15. The Balaban J connectivity index is 2.83. The van der Waals surface area contributed by atoms with Crippen LogP contribution in [0.4, 0.5) is 0 Å². The molecular weight excluding hydrogens is 621 g/mol. The molecule has 4 N–H and O–H groups in total. The first-order valence-electron chi connectivity index (χ1n) is 13.7. The van der Waals surface area contributed by atoms with Gasteiger partial charge in [-0.25, -0.2) is 17.9 Å². The third-order valence-electron chi connectivity index (χ3n) is 6.09. The first kappa shape index (κ1) is 39.7. The standard InChI is InChI=1S/C26H46N5O11PS/c1-21(32)42-19-27-9-11-30(13-14-31(18-25(34)38-2)12-10-28-20-43(40-4)41-5)17-23(33)16-29-44(36,37)24-8-6-7-22(15-24)26(35)39-3/h6-8,15,23,27-29,33H,9-14,16-20H2,1-5H3. The number of methoxy groups -OCH3 is 2. The number of nitrogens with one attached hydrogen (secondary N) is 3. The number of benzene rings is 1. The van der Waals surface area contributed by atoms with Gasteiger partial charge in [0.15, 0.2) is 8.38 Å². The van der Waals surface area contributed by atoms with Gasteiger partial charge in [0.25, 0.3) is 0 Å². The lowest BCUT2D eigenvalue weighted by atomic mass is 10.2. The molecule has 1 atom stereocenters. The molecule has 0 saturated carbocycles. The van der Waals surface area contributed by atoms with E-state index in [0.717, 1.165) is 0 Å². The van der Waals surface area contributed by atoms with E-state index < -0.39 is 42.4 Å². The van der Waals surface area contributed by atoms with Gasteiger partial charge in [-0.15, -0.1) is 0 Å². The van der Waals surface area contributed by atoms with Crippen molar-refractivity contribution in [3.63, 3.8) is 0 Å². The number of ether oxygens (including phenoxy) is 3. The molecular formula is C26H46N5O11PS. The lowest BCUT2D eigenvalue weighted by Gasteiger charge is -2.29. The van der Waals surface area contributed by atoms with Crippen molar-refractivity contribution in [2.75, 3.05) is 100 Å². The van der Waals surface area contributed by atoms with Crippen molar-refractivity contribution >= 4 is 36.3 Å². The first-order chi connectivity index (χ1) is 20.9. The van der Waals surface area contributed by atoms with Crippen molar-refractivity contribution in [1.29, 1.82) is 0 Å². The molecule has 44 heavy (non-hydrogen) atoms. The number of hydrogen-bond donors (Lipinski definition) is 4. The number of rotatable bonds is 24. The molecule has 0 aliphatic rings. The number of carbonyl (C=O) groups excluding carboxylic acids is 3. The molecule has 0 bridgehead atoms. The maximum atomic E-state index is 12.8. The zero-order chi connectivity index (χ0) is 33.0. The number of esters is 3. The average Bonchev–Trinajstić information content (AvgIpc) is 3.01. The summed E-state index contributed by atoms with van der Waals surface area (Å²) in [5, 5.41) is 17.0. The third kappa shape index (κ3) is 16.7. The van der Waals surface area contributed by atoms with Crippen LogP contribution in [-0.4, -0.2) is 148 Å². The summed E-state index contributed by atoms with van der Waals surface area (Å²) in [4.78, 5) is 38.5. The van der Waals surface area contributed by atoms with E-state index in [1.54, 1.807) is 14.2 Å². The van der Waals surface area contributed by atoms with Crippen molar-refractivity contribution in [3.05, 3.63) is 29.8 Å². The van der Waals surface area contributed by atoms with E-state index in [4.69, 9.17) is 18.5 Å². The lowest BCUT2D eigenvalue weighted by Crippen LogP contribution is -2.46. The summed E-state index contributed by atoms with van der Waals surface area (Å²) in [7, 11) is 0.564. The summed E-state index contributed by atoms with van der Waals surface area (Å²) in [6.45, 7) is 3.90. The van der Waals surface area contributed by atoms with Crippen LogP contribution in [0.3, 0.4) is 0 Å². The van der Waals surface area contributed by atoms with Crippen molar-refractivity contribution in [2.45, 2.75) is 17.9 Å². The summed E-state index contributed by atoms with van der Waals surface area (Å²) < 4.78 is 52.8. The van der Waals surface area contributed by atoms with Gasteiger partial charge in [0.05, 0.1) is 43.6 Å². The second-order valence-corrected chi connectivity index (χ2v) is 12.8. The van der Waals surface area contributed by atoms with Crippen LogP contribution in [0.2, 0.25) is 0 Å². The van der Waals surface area contributed by atoms with Gasteiger partial charge in [0.1, 0.15) is 6.73 Å². The topological polar surface area (TPSA) is 194 Å². The van der Waals surface area contributed by atoms with Crippen LogP contribution in [-0.2, 0) is 42.9 Å². The van der Waals surface area contributed by atoms with Crippen molar-refractivity contribution in [3.8, 4) is 0 Å². The predicted octanol–water partition coefficient (Wildman–Crippen LogP) is -0.849. The van der Waals surface area contributed by atoms with Gasteiger partial charge in [0, 0.05) is 73.5 Å². The fraction of sp³-hybridized carbons (Fsp3) is 0.654. The van der Waals surface area contributed by atoms with Crippen LogP contribution in [0.15, 0.2) is 29.2 Å². The Bertz CT molecular complexity index is 1110. The minimum Gasteiger partial charge on any atom is -0.468 e. The maximum Gasteiger partial charge on any atom is 0.337 e. The molecule has 1 unspecified atom stereocenters. The molecule has 16 nitrogen and oxygen atoms in total. The van der Waals surface area contributed by atoms with Crippen LogP contribution in [0.1, 0.15) is 17.3 Å². The third-order valence-corrected chi connectivity index (χ3v) is 8.81. The van der Waals surface area contributed by atoms with Gasteiger partial charge < -0.3 is 33.7 Å². The highest BCUT2D eigenvalue weighted by Crippen LogP contribution is 2.33. The van der Waals surface area contributed by atoms with E-state index in [1.807, 2.05) is 9.80 Å². The smallest absolute Gasteiger partial charge is 0.337 e. The van der Waals surface area contributed by atoms with Crippen LogP contribution in [0.5, 0.6) is 0 Å². The predicted molar refractivity (Wildman–Crippen MR) is 162 cm³/mol. The minimum atomic E-state index is -4.03. The van der Waals surface area contributed by atoms with E-state index in [-0.39, 0.29) is 36.8 Å². The van der Waals surface area contributed by atoms with Crippen molar-refractivity contribution in [1.82, 2.24) is 25.2 Å². The summed E-state index contributed by atoms with van der Waals surface area (Å²) in [5.41, 5.74) is 0.0771. The normalized spacial score (nSPS) is 12.5. The van der Waals surface area contributed by atoms with Gasteiger partial charge in [-0.3, -0.25) is 24.7 Å². The molecule has 0 spiro atoms. The maximum absolute atomic E-state index is 12.8. The lowest BCUT2D eigenvalue weighted by molar-refractivity contribution is -0.142. The van der Waals surface area contributed by atoms with E-state index in [9.17, 15) is 27.9 Å². The molecule has 1 aromatic carbocycles. The number of sulfonamides is 1. The van der Waals surface area contributed by atoms with Gasteiger partial charge in [-0.1, -0.05) is 6.07 Å². The molecule has 0 aliphatic heterocycles. The Morgan fingerprint density at radius 1 is 0.955 bits per heavy atom. The molecule has 0 fully saturated rings. The second kappa shape index (κ2) is 22.2. The number of aliphatic hydroxyl groups excluding tert-OH is 1. The molecule has 0 radical (unpaired) electrons. The molecule has 0 aliphatic carbocycles. The molecule has 1 aromatic rings. The second-order valence-electron chi connectivity index (χ2n) is 9.31. The summed E-state index contributed by atoms with van der Waals surface area (Å²) in [6, 6.07) is 5.38. The highest BCUT2D eigenvalue weighted by Gasteiger charge is 2.20. The first-order valence-corrected chi connectivity index (χ1v) is 16.6. The monoisotopic (exact) mass is 667 g/mol. The number of aliphatic hydroxyl groups is 1. The van der Waals surface area contributed by atoms with Crippen molar-refractivity contribution in [2.24, 2.45) is 0 Å². The van der Waals surface area contributed by atoms with Crippen LogP contribution in [0, 0.1) is 0 Å². The Morgan fingerprint density at radius 2 is 1.61 bits per heavy atom. The largest absolute Gasteiger partial charge is 0.468 e. The molecule has 0 aromatic heterocycles. The van der Waals surface area contributed by atoms with E-state index >= 15 is 0 Å². The fourth-order valence-corrected chi connectivity index (χ4v) is 5.59. The van der Waals surface area contributed by atoms with Crippen LogP contribution >= 0.6 is 8.38 Å². The number of nitrogens with zero attached hydrogens (tertiary/aromatic N) is 2. The molecule has 0 saturated heterocycles. The van der Waals surface area contributed by atoms with E-state index in [2.05, 4.69) is 20.1 Å². The van der Waals surface area contributed by atoms with Crippen LogP contribution < -0.4 is 15.4 Å². The molecule has 1 rings (SSSR count). The quantitative estimate of drug-likeness (QED) is 0.0350. The Hall–Kier alpha value is -2.31. The highest BCUT2D eigenvalue weighted by atomic mass is 32.2. The highest BCUT2D eigenvalue weighted by molar-refractivity contribution is 7.89. The summed E-state index contributed by atoms with van der Waals surface area (Å²) >= 11 is 0. The van der Waals surface area contributed by atoms with Crippen molar-refractivity contribution < 1.29 is 51.2 Å². The zero-order valence-corrected chi connectivity index (χ0v) is 27.7.